The number of aliphatic hydroxyl groups is 1. The van der Waals surface area contributed by atoms with E-state index in [0.29, 0.717) is 6.54 Å². The van der Waals surface area contributed by atoms with Crippen molar-refractivity contribution in [1.82, 2.24) is 4.90 Å². The Balaban J connectivity index is 1.87. The van der Waals surface area contributed by atoms with Gasteiger partial charge in [0, 0.05) is 13.1 Å². The van der Waals surface area contributed by atoms with Crippen molar-refractivity contribution in [3.63, 3.8) is 0 Å². The zero-order valence-corrected chi connectivity index (χ0v) is 12.0. The first-order chi connectivity index (χ1) is 9.47. The molecule has 1 aromatic carbocycles. The quantitative estimate of drug-likeness (QED) is 0.835. The lowest BCUT2D eigenvalue weighted by Gasteiger charge is -2.28. The fourth-order valence-corrected chi connectivity index (χ4v) is 3.00. The topological polar surface area (TPSA) is 60.8 Å². The molecule has 1 fully saturated rings. The van der Waals surface area contributed by atoms with E-state index in [9.17, 15) is 9.90 Å². The van der Waals surface area contributed by atoms with Crippen LogP contribution in [0.1, 0.15) is 36.8 Å². The molecule has 20 heavy (non-hydrogen) atoms. The predicted molar refractivity (Wildman–Crippen MR) is 77.5 cm³/mol. The monoisotopic (exact) mass is 277 g/mol. The van der Waals surface area contributed by atoms with Crippen molar-refractivity contribution in [3.8, 4) is 0 Å². The zero-order chi connectivity index (χ0) is 14.6. The van der Waals surface area contributed by atoms with Gasteiger partial charge in [-0.3, -0.25) is 9.69 Å². The van der Waals surface area contributed by atoms with E-state index in [1.165, 1.54) is 0 Å². The summed E-state index contributed by atoms with van der Waals surface area (Å²) < 4.78 is 0. The highest BCUT2D eigenvalue weighted by molar-refractivity contribution is 5.70. The van der Waals surface area contributed by atoms with Crippen LogP contribution in [0.3, 0.4) is 0 Å². The average molecular weight is 277 g/mol. The van der Waals surface area contributed by atoms with Crippen LogP contribution in [0.4, 0.5) is 0 Å². The summed E-state index contributed by atoms with van der Waals surface area (Å²) in [6, 6.07) is 7.66. The summed E-state index contributed by atoms with van der Waals surface area (Å²) in [5.41, 5.74) is 1.44. The molecule has 1 saturated carbocycles. The lowest BCUT2D eigenvalue weighted by atomic mass is 10.0. The molecular weight excluding hydrogens is 254 g/mol. The standard InChI is InChI=1S/C16H23NO3/c1-17(12-16(20)8-2-3-9-16)11-14-6-4-13(5-7-14)10-15(18)19/h4-7,20H,2-3,8-12H2,1H3,(H,18,19). The van der Waals surface area contributed by atoms with Crippen LogP contribution in [-0.4, -0.2) is 40.3 Å². The first-order valence-corrected chi connectivity index (χ1v) is 7.17. The number of hydrogen-bond acceptors (Lipinski definition) is 3. The number of aliphatic carboxylic acids is 1. The van der Waals surface area contributed by atoms with Gasteiger partial charge in [-0.2, -0.15) is 0 Å². The summed E-state index contributed by atoms with van der Waals surface area (Å²) in [4.78, 5) is 12.8. The van der Waals surface area contributed by atoms with Crippen molar-refractivity contribution < 1.29 is 15.0 Å². The molecule has 0 amide bonds. The van der Waals surface area contributed by atoms with E-state index in [2.05, 4.69) is 4.90 Å². The highest BCUT2D eigenvalue weighted by atomic mass is 16.4. The van der Waals surface area contributed by atoms with E-state index < -0.39 is 11.6 Å². The molecule has 0 bridgehead atoms. The van der Waals surface area contributed by atoms with E-state index in [0.717, 1.165) is 43.4 Å². The minimum absolute atomic E-state index is 0.0653. The van der Waals surface area contributed by atoms with Crippen LogP contribution in [-0.2, 0) is 17.8 Å². The van der Waals surface area contributed by atoms with Gasteiger partial charge in [-0.1, -0.05) is 37.1 Å². The molecule has 4 nitrogen and oxygen atoms in total. The minimum Gasteiger partial charge on any atom is -0.481 e. The van der Waals surface area contributed by atoms with Crippen molar-refractivity contribution in [1.29, 1.82) is 0 Å². The Morgan fingerprint density at radius 1 is 1.20 bits per heavy atom. The van der Waals surface area contributed by atoms with Gasteiger partial charge >= 0.3 is 5.97 Å². The molecule has 0 saturated heterocycles. The van der Waals surface area contributed by atoms with E-state index in [4.69, 9.17) is 5.11 Å². The van der Waals surface area contributed by atoms with Gasteiger partial charge in [0.25, 0.3) is 0 Å². The number of rotatable bonds is 6. The van der Waals surface area contributed by atoms with E-state index in [1.54, 1.807) is 0 Å². The van der Waals surface area contributed by atoms with E-state index in [-0.39, 0.29) is 6.42 Å². The smallest absolute Gasteiger partial charge is 0.307 e. The zero-order valence-electron chi connectivity index (χ0n) is 12.0. The van der Waals surface area contributed by atoms with Gasteiger partial charge < -0.3 is 10.2 Å². The molecule has 0 aromatic heterocycles. The van der Waals surface area contributed by atoms with Gasteiger partial charge in [0.1, 0.15) is 0 Å². The summed E-state index contributed by atoms with van der Waals surface area (Å²) >= 11 is 0. The Kier molecular flexibility index (Phi) is 4.78. The maximum Gasteiger partial charge on any atom is 0.307 e. The normalized spacial score (nSPS) is 17.6. The molecule has 1 aromatic rings. The fourth-order valence-electron chi connectivity index (χ4n) is 3.00. The Morgan fingerprint density at radius 3 is 2.30 bits per heavy atom. The molecule has 2 N–H and O–H groups in total. The Morgan fingerprint density at radius 2 is 1.75 bits per heavy atom. The van der Waals surface area contributed by atoms with E-state index >= 15 is 0 Å². The second-order valence-corrected chi connectivity index (χ2v) is 5.99. The lowest BCUT2D eigenvalue weighted by Crippen LogP contribution is -2.38. The number of carboxylic acids is 1. The Bertz CT molecular complexity index is 449. The summed E-state index contributed by atoms with van der Waals surface area (Å²) in [6.07, 6.45) is 4.10. The van der Waals surface area contributed by atoms with Crippen molar-refractivity contribution in [2.75, 3.05) is 13.6 Å². The Hall–Kier alpha value is -1.39. The average Bonchev–Trinajstić information content (AvgIpc) is 2.77. The second-order valence-electron chi connectivity index (χ2n) is 5.99. The third kappa shape index (κ3) is 4.32. The van der Waals surface area contributed by atoms with Gasteiger partial charge in [-0.25, -0.2) is 0 Å². The van der Waals surface area contributed by atoms with Crippen molar-refractivity contribution >= 4 is 5.97 Å². The maximum absolute atomic E-state index is 10.6. The summed E-state index contributed by atoms with van der Waals surface area (Å²) in [5, 5.41) is 19.1. The number of carboxylic acid groups (broad SMARTS) is 1. The van der Waals surface area contributed by atoms with Crippen LogP contribution in [0.5, 0.6) is 0 Å². The highest BCUT2D eigenvalue weighted by Gasteiger charge is 2.31. The summed E-state index contributed by atoms with van der Waals surface area (Å²) in [6.45, 7) is 1.47. The van der Waals surface area contributed by atoms with Crippen molar-refractivity contribution in [2.45, 2.75) is 44.2 Å². The fraction of sp³-hybridized carbons (Fsp3) is 0.562. The first-order valence-electron chi connectivity index (χ1n) is 7.17. The van der Waals surface area contributed by atoms with Gasteiger partial charge in [-0.05, 0) is 31.0 Å². The molecule has 0 spiro atoms. The number of likely N-dealkylation sites (N-methyl/N-ethyl adjacent to an activating group) is 1. The number of benzene rings is 1. The molecule has 0 heterocycles. The molecule has 0 unspecified atom stereocenters. The molecule has 0 aliphatic heterocycles. The van der Waals surface area contributed by atoms with Crippen LogP contribution < -0.4 is 0 Å². The predicted octanol–water partition coefficient (Wildman–Crippen LogP) is 2.05. The van der Waals surface area contributed by atoms with Crippen LogP contribution in [0.15, 0.2) is 24.3 Å². The van der Waals surface area contributed by atoms with Crippen LogP contribution >= 0.6 is 0 Å². The first kappa shape index (κ1) is 15.0. The molecule has 110 valence electrons. The van der Waals surface area contributed by atoms with Gasteiger partial charge in [0.2, 0.25) is 0 Å². The number of carbonyl (C=O) groups is 1. The van der Waals surface area contributed by atoms with Crippen LogP contribution in [0.2, 0.25) is 0 Å². The van der Waals surface area contributed by atoms with Crippen LogP contribution in [0.25, 0.3) is 0 Å². The maximum atomic E-state index is 10.6. The molecule has 4 heteroatoms. The lowest BCUT2D eigenvalue weighted by molar-refractivity contribution is -0.136. The molecule has 1 aliphatic rings. The number of nitrogens with zero attached hydrogens (tertiary/aromatic N) is 1. The van der Waals surface area contributed by atoms with Crippen molar-refractivity contribution in [2.24, 2.45) is 0 Å². The number of hydrogen-bond donors (Lipinski definition) is 2. The third-order valence-corrected chi connectivity index (χ3v) is 3.93. The van der Waals surface area contributed by atoms with Gasteiger partial charge in [-0.15, -0.1) is 0 Å². The largest absolute Gasteiger partial charge is 0.481 e. The van der Waals surface area contributed by atoms with E-state index in [1.807, 2.05) is 31.3 Å². The molecule has 0 radical (unpaired) electrons. The summed E-state index contributed by atoms with van der Waals surface area (Å²) in [5.74, 6) is -0.807. The highest BCUT2D eigenvalue weighted by Crippen LogP contribution is 2.30. The second kappa shape index (κ2) is 6.37. The third-order valence-electron chi connectivity index (χ3n) is 3.93. The molecule has 2 rings (SSSR count). The molecular formula is C16H23NO3. The molecule has 1 aliphatic carbocycles. The van der Waals surface area contributed by atoms with Gasteiger partial charge in [0.05, 0.1) is 12.0 Å². The van der Waals surface area contributed by atoms with Crippen LogP contribution in [0, 0.1) is 0 Å². The Labute approximate surface area is 120 Å². The summed E-state index contributed by atoms with van der Waals surface area (Å²) in [7, 11) is 2.02. The van der Waals surface area contributed by atoms with Crippen molar-refractivity contribution in [3.05, 3.63) is 35.4 Å². The molecule has 0 atom stereocenters. The minimum atomic E-state index is -0.807. The SMILES string of the molecule is CN(Cc1ccc(CC(=O)O)cc1)CC1(O)CCCC1. The van der Waals surface area contributed by atoms with Gasteiger partial charge in [0.15, 0.2) is 0 Å².